The summed E-state index contributed by atoms with van der Waals surface area (Å²) in [5.41, 5.74) is 2.28. The van der Waals surface area contributed by atoms with Crippen LogP contribution in [-0.2, 0) is 0 Å². The Bertz CT molecular complexity index is 620. The van der Waals surface area contributed by atoms with Gasteiger partial charge in [0.05, 0.1) is 16.6 Å². The molecule has 0 unspecified atom stereocenters. The van der Waals surface area contributed by atoms with Crippen molar-refractivity contribution >= 4 is 21.9 Å². The quantitative estimate of drug-likeness (QED) is 0.747. The van der Waals surface area contributed by atoms with Crippen LogP contribution in [0, 0.1) is 0 Å². The van der Waals surface area contributed by atoms with Crippen LogP contribution >= 0.6 is 15.9 Å². The summed E-state index contributed by atoms with van der Waals surface area (Å²) in [6.07, 6.45) is 2.14. The fourth-order valence-electron chi connectivity index (χ4n) is 1.93. The number of benzene rings is 2. The van der Waals surface area contributed by atoms with E-state index in [2.05, 4.69) is 22.9 Å². The van der Waals surface area contributed by atoms with Crippen LogP contribution < -0.4 is 4.74 Å². The van der Waals surface area contributed by atoms with Crippen molar-refractivity contribution in [3.05, 3.63) is 52.5 Å². The van der Waals surface area contributed by atoms with Crippen molar-refractivity contribution in [1.82, 2.24) is 0 Å². The molecule has 21 heavy (non-hydrogen) atoms. The average molecular weight is 349 g/mol. The zero-order valence-electron chi connectivity index (χ0n) is 11.8. The van der Waals surface area contributed by atoms with Gasteiger partial charge in [0, 0.05) is 0 Å². The van der Waals surface area contributed by atoms with Crippen molar-refractivity contribution in [2.45, 2.75) is 19.8 Å². The molecule has 0 aliphatic carbocycles. The van der Waals surface area contributed by atoms with E-state index in [9.17, 15) is 4.79 Å². The fraction of sp³-hybridized carbons (Fsp3) is 0.235. The van der Waals surface area contributed by atoms with Crippen LogP contribution in [0.1, 0.15) is 30.1 Å². The molecule has 2 aromatic rings. The predicted molar refractivity (Wildman–Crippen MR) is 86.9 cm³/mol. The fourth-order valence-corrected chi connectivity index (χ4v) is 2.42. The Kier molecular flexibility index (Phi) is 5.39. The summed E-state index contributed by atoms with van der Waals surface area (Å²) in [6.45, 7) is 2.84. The average Bonchev–Trinajstić information content (AvgIpc) is 2.49. The smallest absolute Gasteiger partial charge is 0.335 e. The molecule has 0 fully saturated rings. The molecule has 0 aromatic heterocycles. The minimum atomic E-state index is -0.914. The molecule has 0 heterocycles. The Balaban J connectivity index is 2.17. The summed E-state index contributed by atoms with van der Waals surface area (Å²) in [5, 5.41) is 8.91. The van der Waals surface area contributed by atoms with Crippen LogP contribution in [0.25, 0.3) is 11.1 Å². The molecule has 2 aromatic carbocycles. The van der Waals surface area contributed by atoms with Crippen molar-refractivity contribution in [3.63, 3.8) is 0 Å². The summed E-state index contributed by atoms with van der Waals surface area (Å²) in [5.74, 6) is -0.0863. The van der Waals surface area contributed by atoms with E-state index in [1.165, 1.54) is 0 Å². The molecule has 110 valence electrons. The number of aromatic carboxylic acids is 1. The highest BCUT2D eigenvalue weighted by Crippen LogP contribution is 2.31. The van der Waals surface area contributed by atoms with Gasteiger partial charge in [-0.1, -0.05) is 31.5 Å². The van der Waals surface area contributed by atoms with Gasteiger partial charge in [0.2, 0.25) is 0 Å². The molecular formula is C17H17BrO3. The Morgan fingerprint density at radius 3 is 2.38 bits per heavy atom. The Morgan fingerprint density at radius 2 is 1.81 bits per heavy atom. The molecule has 0 aliphatic rings. The second-order valence-corrected chi connectivity index (χ2v) is 5.58. The van der Waals surface area contributed by atoms with E-state index < -0.39 is 5.97 Å². The Labute approximate surface area is 132 Å². The molecule has 0 saturated carbocycles. The Morgan fingerprint density at radius 1 is 1.14 bits per heavy atom. The number of ether oxygens (including phenoxy) is 1. The molecular weight excluding hydrogens is 332 g/mol. The van der Waals surface area contributed by atoms with Gasteiger partial charge < -0.3 is 9.84 Å². The van der Waals surface area contributed by atoms with Gasteiger partial charge in [0.15, 0.2) is 0 Å². The number of unbranched alkanes of at least 4 members (excludes halogenated alkanes) is 1. The highest BCUT2D eigenvalue weighted by molar-refractivity contribution is 9.10. The molecule has 0 amide bonds. The maximum Gasteiger partial charge on any atom is 0.335 e. The van der Waals surface area contributed by atoms with E-state index in [-0.39, 0.29) is 5.56 Å². The van der Waals surface area contributed by atoms with Gasteiger partial charge in [-0.25, -0.2) is 4.79 Å². The third-order valence-electron chi connectivity index (χ3n) is 3.15. The maximum absolute atomic E-state index is 10.8. The van der Waals surface area contributed by atoms with Crippen LogP contribution in [-0.4, -0.2) is 17.7 Å². The first-order valence-electron chi connectivity index (χ1n) is 6.88. The number of carbonyl (C=O) groups is 1. The zero-order valence-corrected chi connectivity index (χ0v) is 13.4. The van der Waals surface area contributed by atoms with Gasteiger partial charge in [-0.3, -0.25) is 0 Å². The predicted octanol–water partition coefficient (Wildman–Crippen LogP) is 4.99. The molecule has 0 bridgehead atoms. The molecule has 0 spiro atoms. The summed E-state index contributed by atoms with van der Waals surface area (Å²) in [4.78, 5) is 10.8. The van der Waals surface area contributed by atoms with Crippen molar-refractivity contribution in [1.29, 1.82) is 0 Å². The highest BCUT2D eigenvalue weighted by atomic mass is 79.9. The molecule has 0 atom stereocenters. The van der Waals surface area contributed by atoms with Gasteiger partial charge in [-0.15, -0.1) is 0 Å². The lowest BCUT2D eigenvalue weighted by Gasteiger charge is -2.09. The first kappa shape index (κ1) is 15.6. The number of hydrogen-bond donors (Lipinski definition) is 1. The van der Waals surface area contributed by atoms with Gasteiger partial charge in [0.25, 0.3) is 0 Å². The highest BCUT2D eigenvalue weighted by Gasteiger charge is 2.06. The van der Waals surface area contributed by atoms with Crippen LogP contribution in [0.3, 0.4) is 0 Å². The number of carboxylic acids is 1. The van der Waals surface area contributed by atoms with Gasteiger partial charge >= 0.3 is 5.97 Å². The maximum atomic E-state index is 10.8. The van der Waals surface area contributed by atoms with E-state index in [1.807, 2.05) is 30.3 Å². The third kappa shape index (κ3) is 4.08. The van der Waals surface area contributed by atoms with Crippen molar-refractivity contribution in [3.8, 4) is 16.9 Å². The molecule has 0 saturated heterocycles. The Hall–Kier alpha value is -1.81. The lowest BCUT2D eigenvalue weighted by Crippen LogP contribution is -1.97. The lowest BCUT2D eigenvalue weighted by atomic mass is 10.0. The van der Waals surface area contributed by atoms with Gasteiger partial charge in [-0.05, 0) is 57.7 Å². The summed E-state index contributed by atoms with van der Waals surface area (Å²) in [6, 6.07) is 12.7. The van der Waals surface area contributed by atoms with Crippen LogP contribution in [0.5, 0.6) is 5.75 Å². The van der Waals surface area contributed by atoms with Crippen molar-refractivity contribution < 1.29 is 14.6 Å². The second-order valence-electron chi connectivity index (χ2n) is 4.73. The molecule has 4 heteroatoms. The van der Waals surface area contributed by atoms with E-state index in [1.54, 1.807) is 12.1 Å². The minimum absolute atomic E-state index is 0.289. The van der Waals surface area contributed by atoms with Crippen LogP contribution in [0.4, 0.5) is 0 Å². The van der Waals surface area contributed by atoms with E-state index in [0.29, 0.717) is 6.61 Å². The number of rotatable bonds is 6. The summed E-state index contributed by atoms with van der Waals surface area (Å²) < 4.78 is 6.60. The SMILES string of the molecule is CCCCOc1ccc(-c2ccc(C(=O)O)cc2)cc1Br. The molecule has 0 aliphatic heterocycles. The van der Waals surface area contributed by atoms with E-state index in [0.717, 1.165) is 34.2 Å². The third-order valence-corrected chi connectivity index (χ3v) is 3.77. The monoisotopic (exact) mass is 348 g/mol. The standard InChI is InChI=1S/C17H17BrO3/c1-2-3-10-21-16-9-8-14(11-15(16)18)12-4-6-13(7-5-12)17(19)20/h4-9,11H,2-3,10H2,1H3,(H,19,20). The minimum Gasteiger partial charge on any atom is -0.492 e. The number of halogens is 1. The molecule has 1 N–H and O–H groups in total. The lowest BCUT2D eigenvalue weighted by molar-refractivity contribution is 0.0697. The first-order chi connectivity index (χ1) is 10.1. The van der Waals surface area contributed by atoms with E-state index >= 15 is 0 Å². The first-order valence-corrected chi connectivity index (χ1v) is 7.67. The van der Waals surface area contributed by atoms with Crippen LogP contribution in [0.2, 0.25) is 0 Å². The van der Waals surface area contributed by atoms with E-state index in [4.69, 9.17) is 9.84 Å². The molecule has 2 rings (SSSR count). The zero-order chi connectivity index (χ0) is 15.2. The van der Waals surface area contributed by atoms with Crippen molar-refractivity contribution in [2.75, 3.05) is 6.61 Å². The largest absolute Gasteiger partial charge is 0.492 e. The molecule has 0 radical (unpaired) electrons. The topological polar surface area (TPSA) is 46.5 Å². The summed E-state index contributed by atoms with van der Waals surface area (Å²) in [7, 11) is 0. The van der Waals surface area contributed by atoms with Crippen molar-refractivity contribution in [2.24, 2.45) is 0 Å². The molecule has 3 nitrogen and oxygen atoms in total. The summed E-state index contributed by atoms with van der Waals surface area (Å²) >= 11 is 3.52. The second kappa shape index (κ2) is 7.27. The van der Waals surface area contributed by atoms with Crippen LogP contribution in [0.15, 0.2) is 46.9 Å². The number of hydrogen-bond acceptors (Lipinski definition) is 2. The number of carboxylic acid groups (broad SMARTS) is 1. The van der Waals surface area contributed by atoms with Gasteiger partial charge in [-0.2, -0.15) is 0 Å². The van der Waals surface area contributed by atoms with Gasteiger partial charge in [0.1, 0.15) is 5.75 Å². The normalized spacial score (nSPS) is 10.4.